The van der Waals surface area contributed by atoms with Crippen LogP contribution in [0, 0.1) is 5.92 Å². The second kappa shape index (κ2) is 4.99. The highest BCUT2D eigenvalue weighted by atomic mass is 16.3. The van der Waals surface area contributed by atoms with Crippen molar-refractivity contribution in [1.29, 1.82) is 0 Å². The van der Waals surface area contributed by atoms with Crippen LogP contribution in [0.2, 0.25) is 0 Å². The number of rotatable bonds is 3. The minimum Gasteiger partial charge on any atom is -0.383 e. The van der Waals surface area contributed by atoms with Crippen LogP contribution in [0.1, 0.15) is 26.7 Å². The molecule has 108 valence electrons. The number of allylic oxidation sites excluding steroid dienone is 5. The van der Waals surface area contributed by atoms with Crippen molar-refractivity contribution in [3.8, 4) is 0 Å². The molecular weight excluding hydrogens is 250 g/mol. The molecule has 5 atom stereocenters. The van der Waals surface area contributed by atoms with Crippen molar-refractivity contribution in [2.24, 2.45) is 5.92 Å². The van der Waals surface area contributed by atoms with Crippen molar-refractivity contribution in [1.82, 2.24) is 0 Å². The lowest BCUT2D eigenvalue weighted by atomic mass is 9.91. The van der Waals surface area contributed by atoms with E-state index in [1.807, 2.05) is 24.4 Å². The maximum Gasteiger partial charge on any atom is 0.149 e. The molecule has 1 aliphatic carbocycles. The minimum atomic E-state index is -1.09. The van der Waals surface area contributed by atoms with Crippen molar-refractivity contribution in [2.75, 3.05) is 0 Å². The number of fused-ring (bicyclic) bond motifs is 1. The summed E-state index contributed by atoms with van der Waals surface area (Å²) in [5.74, 6) is 0.757. The Morgan fingerprint density at radius 1 is 1.35 bits per heavy atom. The van der Waals surface area contributed by atoms with Crippen molar-refractivity contribution in [3.05, 3.63) is 48.2 Å². The topological polar surface area (TPSA) is 44.9 Å². The molecule has 2 aliphatic heterocycles. The number of hydrogen-bond donors (Lipinski definition) is 3. The highest BCUT2D eigenvalue weighted by Crippen LogP contribution is 2.30. The molecule has 3 rings (SSSR count). The summed E-state index contributed by atoms with van der Waals surface area (Å²) in [5.41, 5.74) is 0.0750. The molecule has 0 aromatic carbocycles. The van der Waals surface area contributed by atoms with Crippen LogP contribution in [0.15, 0.2) is 48.2 Å². The van der Waals surface area contributed by atoms with E-state index in [-0.39, 0.29) is 12.1 Å². The molecule has 0 aromatic rings. The third kappa shape index (κ3) is 2.41. The van der Waals surface area contributed by atoms with Crippen molar-refractivity contribution < 1.29 is 15.1 Å². The Labute approximate surface area is 120 Å². The molecule has 1 saturated carbocycles. The van der Waals surface area contributed by atoms with Gasteiger partial charge in [0.05, 0.1) is 6.20 Å². The van der Waals surface area contributed by atoms with Crippen LogP contribution in [0.4, 0.5) is 0 Å². The van der Waals surface area contributed by atoms with Gasteiger partial charge in [0.2, 0.25) is 0 Å². The number of quaternary nitrogens is 1. The van der Waals surface area contributed by atoms with Gasteiger partial charge in [0, 0.05) is 0 Å². The Kier molecular flexibility index (Phi) is 3.44. The fraction of sp³-hybridized carbons (Fsp3) is 0.529. The monoisotopic (exact) mass is 274 g/mol. The Bertz CT molecular complexity index is 497. The Hall–Kier alpha value is -1.16. The van der Waals surface area contributed by atoms with Gasteiger partial charge in [0.25, 0.3) is 0 Å². The lowest BCUT2D eigenvalue weighted by Crippen LogP contribution is -3.14. The lowest BCUT2D eigenvalue weighted by molar-refractivity contribution is -0.877. The van der Waals surface area contributed by atoms with Gasteiger partial charge in [0.1, 0.15) is 23.8 Å². The summed E-state index contributed by atoms with van der Waals surface area (Å²) in [4.78, 5) is 1.11. The summed E-state index contributed by atoms with van der Waals surface area (Å²) in [7, 11) is 0. The maximum atomic E-state index is 10.6. The van der Waals surface area contributed by atoms with Crippen LogP contribution in [0.5, 0.6) is 0 Å². The van der Waals surface area contributed by atoms with E-state index in [0.717, 1.165) is 16.4 Å². The maximum absolute atomic E-state index is 10.6. The Balaban J connectivity index is 1.82. The van der Waals surface area contributed by atoms with Crippen LogP contribution in [-0.4, -0.2) is 34.0 Å². The van der Waals surface area contributed by atoms with Crippen molar-refractivity contribution in [2.45, 2.75) is 50.5 Å². The van der Waals surface area contributed by atoms with Crippen LogP contribution in [0.3, 0.4) is 0 Å². The first kappa shape index (κ1) is 13.8. The molecule has 0 radical (unpaired) electrons. The third-order valence-corrected chi connectivity index (χ3v) is 4.71. The lowest BCUT2D eigenvalue weighted by Gasteiger charge is -2.25. The zero-order valence-corrected chi connectivity index (χ0v) is 12.2. The Morgan fingerprint density at radius 3 is 2.80 bits per heavy atom. The molecule has 2 unspecified atom stereocenters. The first-order valence-electron chi connectivity index (χ1n) is 7.49. The highest BCUT2D eigenvalue weighted by Gasteiger charge is 2.57. The van der Waals surface area contributed by atoms with E-state index in [9.17, 15) is 10.2 Å². The average molecular weight is 274 g/mol. The summed E-state index contributed by atoms with van der Waals surface area (Å²) in [6, 6.07) is -0.177. The van der Waals surface area contributed by atoms with E-state index < -0.39 is 11.7 Å². The zero-order chi connectivity index (χ0) is 14.3. The van der Waals surface area contributed by atoms with Crippen LogP contribution < -0.4 is 4.90 Å². The first-order valence-corrected chi connectivity index (χ1v) is 7.49. The van der Waals surface area contributed by atoms with Crippen LogP contribution >= 0.6 is 0 Å². The second-order valence-electron chi connectivity index (χ2n) is 6.53. The van der Waals surface area contributed by atoms with E-state index in [1.54, 1.807) is 6.92 Å². The van der Waals surface area contributed by atoms with E-state index in [1.165, 1.54) is 12.8 Å². The predicted octanol–water partition coefficient (Wildman–Crippen LogP) is 0.730. The standard InChI is InChI=1S/C17H23NO2/c1-12(6-7-13-8-9-13)11-14-16(19)17(2,20)15-5-3-4-10-18(14)15/h3-7,10-11,13-16,19-20H,8-9H2,1-2H3/p+1/b7-6+,12-11+/t14-,15?,16-,17-/m0/s1. The van der Waals surface area contributed by atoms with Gasteiger partial charge in [-0.1, -0.05) is 18.2 Å². The van der Waals surface area contributed by atoms with Gasteiger partial charge >= 0.3 is 0 Å². The fourth-order valence-corrected chi connectivity index (χ4v) is 3.24. The molecule has 3 N–H and O–H groups in total. The second-order valence-corrected chi connectivity index (χ2v) is 6.53. The largest absolute Gasteiger partial charge is 0.383 e. The summed E-state index contributed by atoms with van der Waals surface area (Å²) in [6.07, 6.45) is 16.3. The molecule has 2 heterocycles. The van der Waals surface area contributed by atoms with E-state index in [0.29, 0.717) is 0 Å². The molecule has 20 heavy (non-hydrogen) atoms. The van der Waals surface area contributed by atoms with Gasteiger partial charge in [-0.15, -0.1) is 0 Å². The SMILES string of the molecule is CC(/C=C/C1CC1)=C\[C@H]1[C@H](O)[C@@](C)(O)C2C=CC=C[NH+]21. The minimum absolute atomic E-state index is 0.0797. The summed E-state index contributed by atoms with van der Waals surface area (Å²) in [6.45, 7) is 3.80. The number of nitrogens with one attached hydrogen (secondary N) is 1. The molecule has 0 amide bonds. The molecule has 0 bridgehead atoms. The third-order valence-electron chi connectivity index (χ3n) is 4.71. The quantitative estimate of drug-likeness (QED) is 0.664. The van der Waals surface area contributed by atoms with Gasteiger partial charge in [-0.05, 0) is 56.4 Å². The van der Waals surface area contributed by atoms with Gasteiger partial charge in [-0.25, -0.2) is 0 Å². The van der Waals surface area contributed by atoms with Gasteiger partial charge in [-0.2, -0.15) is 0 Å². The summed E-state index contributed by atoms with van der Waals surface area (Å²) in [5, 5.41) is 21.0. The zero-order valence-electron chi connectivity index (χ0n) is 12.2. The number of hydrogen-bond acceptors (Lipinski definition) is 2. The summed E-state index contributed by atoms with van der Waals surface area (Å²) < 4.78 is 0. The number of aliphatic hydroxyl groups is 2. The van der Waals surface area contributed by atoms with Crippen molar-refractivity contribution >= 4 is 0 Å². The van der Waals surface area contributed by atoms with Crippen molar-refractivity contribution in [3.63, 3.8) is 0 Å². The predicted molar refractivity (Wildman–Crippen MR) is 79.1 cm³/mol. The van der Waals surface area contributed by atoms with Crippen LogP contribution in [-0.2, 0) is 0 Å². The molecule has 1 saturated heterocycles. The molecule has 3 heteroatoms. The van der Waals surface area contributed by atoms with E-state index >= 15 is 0 Å². The fourth-order valence-electron chi connectivity index (χ4n) is 3.24. The molecule has 3 aliphatic rings. The van der Waals surface area contributed by atoms with Gasteiger partial charge < -0.3 is 10.2 Å². The summed E-state index contributed by atoms with van der Waals surface area (Å²) >= 11 is 0. The molecule has 0 spiro atoms. The Morgan fingerprint density at radius 2 is 2.10 bits per heavy atom. The smallest absolute Gasteiger partial charge is 0.149 e. The highest BCUT2D eigenvalue weighted by molar-refractivity contribution is 5.24. The van der Waals surface area contributed by atoms with Gasteiger partial charge in [0.15, 0.2) is 0 Å². The normalized spacial score (nSPS) is 44.3. The van der Waals surface area contributed by atoms with E-state index in [2.05, 4.69) is 25.2 Å². The van der Waals surface area contributed by atoms with Gasteiger partial charge in [-0.3, -0.25) is 4.90 Å². The molecular formula is C17H24NO2+. The number of aliphatic hydroxyl groups excluding tert-OH is 1. The molecule has 0 aromatic heterocycles. The van der Waals surface area contributed by atoms with Crippen LogP contribution in [0.25, 0.3) is 0 Å². The average Bonchev–Trinajstić information content (AvgIpc) is 3.23. The first-order chi connectivity index (χ1) is 9.50. The molecule has 3 nitrogen and oxygen atoms in total. The van der Waals surface area contributed by atoms with E-state index in [4.69, 9.17) is 0 Å². The molecule has 2 fully saturated rings.